The van der Waals surface area contributed by atoms with E-state index in [-0.39, 0.29) is 23.2 Å². The fourth-order valence-electron chi connectivity index (χ4n) is 3.17. The summed E-state index contributed by atoms with van der Waals surface area (Å²) < 4.78 is 0. The van der Waals surface area contributed by atoms with Gasteiger partial charge in [0.2, 0.25) is 0 Å². The summed E-state index contributed by atoms with van der Waals surface area (Å²) in [5, 5.41) is 5.07. The van der Waals surface area contributed by atoms with Crippen LogP contribution < -0.4 is 5.43 Å². The van der Waals surface area contributed by atoms with Crippen LogP contribution in [0.15, 0.2) is 29.4 Å². The van der Waals surface area contributed by atoms with Crippen molar-refractivity contribution in [2.24, 2.45) is 16.4 Å². The van der Waals surface area contributed by atoms with Gasteiger partial charge in [-0.1, -0.05) is 37.6 Å². The van der Waals surface area contributed by atoms with E-state index in [4.69, 9.17) is 11.6 Å². The van der Waals surface area contributed by atoms with Crippen LogP contribution in [0.3, 0.4) is 0 Å². The van der Waals surface area contributed by atoms with Crippen LogP contribution in [0.1, 0.15) is 32.3 Å². The number of benzene rings is 1. The monoisotopic (exact) mass is 276 g/mol. The van der Waals surface area contributed by atoms with Crippen LogP contribution in [-0.4, -0.2) is 17.5 Å². The zero-order valence-electron chi connectivity index (χ0n) is 11.1. The Labute approximate surface area is 118 Å². The number of nitrogens with zero attached hydrogens (tertiary/aromatic N) is 1. The Morgan fingerprint density at radius 3 is 2.95 bits per heavy atom. The van der Waals surface area contributed by atoms with E-state index in [1.807, 2.05) is 24.3 Å². The lowest BCUT2D eigenvalue weighted by Crippen LogP contribution is -2.45. The molecule has 1 aromatic carbocycles. The Balaban J connectivity index is 1.93. The van der Waals surface area contributed by atoms with Gasteiger partial charge < -0.3 is 5.43 Å². The lowest BCUT2D eigenvalue weighted by molar-refractivity contribution is -0.126. The van der Waals surface area contributed by atoms with Crippen LogP contribution in [0, 0.1) is 11.3 Å². The Kier molecular flexibility index (Phi) is 2.90. The topological polar surface area (TPSA) is 41.5 Å². The maximum atomic E-state index is 12.4. The fourth-order valence-corrected chi connectivity index (χ4v) is 3.36. The molecule has 1 aromatic rings. The molecule has 4 heteroatoms. The first kappa shape index (κ1) is 12.7. The zero-order valence-corrected chi connectivity index (χ0v) is 11.9. The molecule has 3 nitrogen and oxygen atoms in total. The Bertz CT molecular complexity index is 565. The van der Waals surface area contributed by atoms with E-state index in [1.54, 1.807) is 0 Å². The first-order chi connectivity index (χ1) is 8.96. The molecule has 1 saturated carbocycles. The molecule has 1 fully saturated rings. The van der Waals surface area contributed by atoms with Crippen molar-refractivity contribution >= 4 is 23.1 Å². The molecule has 0 bridgehead atoms. The second-order valence-corrected chi connectivity index (χ2v) is 6.67. The molecule has 1 heterocycles. The van der Waals surface area contributed by atoms with Crippen molar-refractivity contribution in [1.29, 1.82) is 0 Å². The molecular weight excluding hydrogens is 260 g/mol. The quantitative estimate of drug-likeness (QED) is 0.857. The van der Waals surface area contributed by atoms with Crippen molar-refractivity contribution < 1.29 is 4.79 Å². The number of fused-ring (bicyclic) bond motifs is 1. The summed E-state index contributed by atoms with van der Waals surface area (Å²) in [5.74, 6) is 0.163. The third kappa shape index (κ3) is 2.27. The minimum absolute atomic E-state index is 0.0601. The largest absolute Gasteiger partial charge is 0.306 e. The van der Waals surface area contributed by atoms with Gasteiger partial charge in [-0.25, -0.2) is 0 Å². The maximum Gasteiger partial charge on any atom is 0.144 e. The minimum Gasteiger partial charge on any atom is -0.306 e. The summed E-state index contributed by atoms with van der Waals surface area (Å²) in [4.78, 5) is 12.4. The van der Waals surface area contributed by atoms with E-state index >= 15 is 0 Å². The summed E-state index contributed by atoms with van der Waals surface area (Å²) >= 11 is 6.02. The lowest BCUT2D eigenvalue weighted by Gasteiger charge is -2.36. The number of hydrogen-bond acceptors (Lipinski definition) is 3. The number of halogens is 1. The zero-order chi connectivity index (χ0) is 13.6. The molecule has 0 unspecified atom stereocenters. The summed E-state index contributed by atoms with van der Waals surface area (Å²) in [7, 11) is 0. The number of carbonyl (C=O) groups is 1. The van der Waals surface area contributed by atoms with Crippen LogP contribution in [0.4, 0.5) is 0 Å². The Morgan fingerprint density at radius 2 is 2.21 bits per heavy atom. The molecular formula is C15H17ClN2O. The number of Topliss-reactive ketones (excluding diaryl/α,β-unsaturated/α-hetero) is 1. The van der Waals surface area contributed by atoms with Crippen molar-refractivity contribution in [2.45, 2.75) is 32.7 Å². The van der Waals surface area contributed by atoms with Crippen molar-refractivity contribution in [3.63, 3.8) is 0 Å². The smallest absolute Gasteiger partial charge is 0.144 e. The van der Waals surface area contributed by atoms with Gasteiger partial charge in [0.25, 0.3) is 0 Å². The predicted molar refractivity (Wildman–Crippen MR) is 76.4 cm³/mol. The molecule has 100 valence electrons. The van der Waals surface area contributed by atoms with Gasteiger partial charge in [0.05, 0.1) is 17.7 Å². The van der Waals surface area contributed by atoms with Crippen molar-refractivity contribution in [1.82, 2.24) is 5.43 Å². The highest BCUT2D eigenvalue weighted by Crippen LogP contribution is 2.39. The van der Waals surface area contributed by atoms with Gasteiger partial charge in [0, 0.05) is 17.0 Å². The van der Waals surface area contributed by atoms with E-state index < -0.39 is 0 Å². The number of rotatable bonds is 1. The molecule has 2 atom stereocenters. The van der Waals surface area contributed by atoms with Crippen molar-refractivity contribution in [3.8, 4) is 0 Å². The van der Waals surface area contributed by atoms with Crippen LogP contribution in [-0.2, 0) is 4.79 Å². The second kappa shape index (κ2) is 4.34. The summed E-state index contributed by atoms with van der Waals surface area (Å²) in [5.41, 5.74) is 4.98. The molecule has 0 amide bonds. The SMILES string of the molecule is CC1(C)CC(=O)[C@H]2C(c3cccc(Cl)c3)=NN[C@@H]2C1. The number of hydrogen-bond donors (Lipinski definition) is 1. The molecule has 0 radical (unpaired) electrons. The average Bonchev–Trinajstić information content (AvgIpc) is 2.71. The molecule has 19 heavy (non-hydrogen) atoms. The van der Waals surface area contributed by atoms with E-state index in [2.05, 4.69) is 24.4 Å². The van der Waals surface area contributed by atoms with Gasteiger partial charge >= 0.3 is 0 Å². The van der Waals surface area contributed by atoms with Crippen molar-refractivity contribution in [2.75, 3.05) is 0 Å². The predicted octanol–water partition coefficient (Wildman–Crippen LogP) is 3.02. The van der Waals surface area contributed by atoms with E-state index in [9.17, 15) is 4.79 Å². The highest BCUT2D eigenvalue weighted by molar-refractivity contribution is 6.31. The van der Waals surface area contributed by atoms with Gasteiger partial charge in [0.1, 0.15) is 5.78 Å². The molecule has 1 aliphatic heterocycles. The van der Waals surface area contributed by atoms with Crippen LogP contribution >= 0.6 is 11.6 Å². The Morgan fingerprint density at radius 1 is 1.42 bits per heavy atom. The van der Waals surface area contributed by atoms with E-state index in [0.29, 0.717) is 11.4 Å². The number of nitrogens with one attached hydrogen (secondary N) is 1. The van der Waals surface area contributed by atoms with Gasteiger partial charge in [-0.15, -0.1) is 0 Å². The van der Waals surface area contributed by atoms with Gasteiger partial charge in [-0.05, 0) is 24.0 Å². The molecule has 1 aliphatic carbocycles. The molecule has 3 rings (SSSR count). The fraction of sp³-hybridized carbons (Fsp3) is 0.467. The third-order valence-corrected chi connectivity index (χ3v) is 4.18. The Hall–Kier alpha value is -1.35. The van der Waals surface area contributed by atoms with Gasteiger partial charge in [-0.2, -0.15) is 5.10 Å². The number of hydrazone groups is 1. The van der Waals surface area contributed by atoms with Crippen LogP contribution in [0.25, 0.3) is 0 Å². The first-order valence-corrected chi connectivity index (χ1v) is 6.96. The number of ketones is 1. The summed E-state index contributed by atoms with van der Waals surface area (Å²) in [6.07, 6.45) is 1.59. The third-order valence-electron chi connectivity index (χ3n) is 3.94. The van der Waals surface area contributed by atoms with Crippen LogP contribution in [0.5, 0.6) is 0 Å². The van der Waals surface area contributed by atoms with E-state index in [1.165, 1.54) is 0 Å². The minimum atomic E-state index is -0.119. The molecule has 0 saturated heterocycles. The number of carbonyl (C=O) groups excluding carboxylic acids is 1. The second-order valence-electron chi connectivity index (χ2n) is 6.23. The summed E-state index contributed by atoms with van der Waals surface area (Å²) in [6.45, 7) is 4.28. The highest BCUT2D eigenvalue weighted by Gasteiger charge is 2.46. The van der Waals surface area contributed by atoms with Crippen LogP contribution in [0.2, 0.25) is 5.02 Å². The normalized spacial score (nSPS) is 28.6. The highest BCUT2D eigenvalue weighted by atomic mass is 35.5. The lowest BCUT2D eigenvalue weighted by atomic mass is 9.68. The summed E-state index contributed by atoms with van der Waals surface area (Å²) in [6, 6.07) is 7.69. The molecule has 0 aromatic heterocycles. The maximum absolute atomic E-state index is 12.4. The molecule has 2 aliphatic rings. The van der Waals surface area contributed by atoms with Gasteiger partial charge in [0.15, 0.2) is 0 Å². The van der Waals surface area contributed by atoms with Crippen molar-refractivity contribution in [3.05, 3.63) is 34.9 Å². The average molecular weight is 277 g/mol. The standard InChI is InChI=1S/C15H17ClN2O/c1-15(2)7-11-13(12(19)8-15)14(18-17-11)9-4-3-5-10(16)6-9/h3-6,11,13,17H,7-8H2,1-2H3/t11-,13+/m1/s1. The van der Waals surface area contributed by atoms with Gasteiger partial charge in [-0.3, -0.25) is 4.79 Å². The first-order valence-electron chi connectivity index (χ1n) is 6.58. The van der Waals surface area contributed by atoms with E-state index in [0.717, 1.165) is 17.7 Å². The molecule has 1 N–H and O–H groups in total. The molecule has 0 spiro atoms.